The average Bonchev–Trinajstić information content (AvgIpc) is 2.54. The molecule has 0 aliphatic heterocycles. The lowest BCUT2D eigenvalue weighted by Crippen LogP contribution is -2.23. The smallest absolute Gasteiger partial charge is 0.184 e. The SMILES string of the molecule is COc1cc(C=NNC(N)=S)ccc1OCc1ccc(C)cc1. The van der Waals surface area contributed by atoms with Gasteiger partial charge in [0.25, 0.3) is 0 Å². The molecule has 0 amide bonds. The second-order valence-electron chi connectivity index (χ2n) is 4.92. The van der Waals surface area contributed by atoms with E-state index in [1.165, 1.54) is 5.56 Å². The van der Waals surface area contributed by atoms with Gasteiger partial charge in [-0.15, -0.1) is 0 Å². The number of nitrogens with one attached hydrogen (secondary N) is 1. The van der Waals surface area contributed by atoms with Gasteiger partial charge in [-0.05, 0) is 48.5 Å². The van der Waals surface area contributed by atoms with Crippen LogP contribution in [0.2, 0.25) is 0 Å². The average molecular weight is 329 g/mol. The number of nitrogens with two attached hydrogens (primary N) is 1. The largest absolute Gasteiger partial charge is 0.493 e. The molecule has 0 fully saturated rings. The molecule has 2 rings (SSSR count). The number of benzene rings is 2. The van der Waals surface area contributed by atoms with Gasteiger partial charge in [-0.2, -0.15) is 5.10 Å². The molecule has 0 saturated carbocycles. The minimum Gasteiger partial charge on any atom is -0.493 e. The van der Waals surface area contributed by atoms with Crippen molar-refractivity contribution in [2.24, 2.45) is 10.8 Å². The summed E-state index contributed by atoms with van der Waals surface area (Å²) < 4.78 is 11.2. The van der Waals surface area contributed by atoms with Crippen molar-refractivity contribution in [2.45, 2.75) is 13.5 Å². The number of methoxy groups -OCH3 is 1. The summed E-state index contributed by atoms with van der Waals surface area (Å²) >= 11 is 4.68. The van der Waals surface area contributed by atoms with Crippen LogP contribution in [0.5, 0.6) is 11.5 Å². The number of hydrogen-bond donors (Lipinski definition) is 2. The molecule has 0 saturated heterocycles. The van der Waals surface area contributed by atoms with Crippen LogP contribution >= 0.6 is 12.2 Å². The monoisotopic (exact) mass is 329 g/mol. The summed E-state index contributed by atoms with van der Waals surface area (Å²) in [5.74, 6) is 1.31. The van der Waals surface area contributed by atoms with Crippen molar-refractivity contribution in [3.05, 3.63) is 59.2 Å². The molecule has 23 heavy (non-hydrogen) atoms. The Labute approximate surface area is 141 Å². The molecule has 3 N–H and O–H groups in total. The van der Waals surface area contributed by atoms with Crippen molar-refractivity contribution < 1.29 is 9.47 Å². The molecular formula is C17H19N3O2S. The molecule has 0 unspecified atom stereocenters. The van der Waals surface area contributed by atoms with E-state index in [0.717, 1.165) is 11.1 Å². The fourth-order valence-electron chi connectivity index (χ4n) is 1.90. The van der Waals surface area contributed by atoms with E-state index >= 15 is 0 Å². The van der Waals surface area contributed by atoms with E-state index in [1.807, 2.05) is 30.3 Å². The Morgan fingerprint density at radius 2 is 1.96 bits per heavy atom. The second-order valence-corrected chi connectivity index (χ2v) is 5.36. The molecule has 6 heteroatoms. The van der Waals surface area contributed by atoms with E-state index in [-0.39, 0.29) is 5.11 Å². The number of ether oxygens (including phenoxy) is 2. The maximum absolute atomic E-state index is 5.83. The van der Waals surface area contributed by atoms with Gasteiger partial charge in [-0.3, -0.25) is 5.43 Å². The van der Waals surface area contributed by atoms with Crippen molar-refractivity contribution in [3.63, 3.8) is 0 Å². The summed E-state index contributed by atoms with van der Waals surface area (Å²) in [6.45, 7) is 2.53. The molecule has 2 aromatic carbocycles. The van der Waals surface area contributed by atoms with E-state index < -0.39 is 0 Å². The number of aryl methyl sites for hydroxylation is 1. The maximum atomic E-state index is 5.83. The quantitative estimate of drug-likeness (QED) is 0.484. The molecule has 0 atom stereocenters. The lowest BCUT2D eigenvalue weighted by Gasteiger charge is -2.11. The summed E-state index contributed by atoms with van der Waals surface area (Å²) in [5, 5.41) is 4.03. The van der Waals surface area contributed by atoms with Crippen molar-refractivity contribution in [3.8, 4) is 11.5 Å². The first kappa shape index (κ1) is 16.8. The minimum atomic E-state index is 0.117. The third kappa shape index (κ3) is 5.27. The van der Waals surface area contributed by atoms with Crippen LogP contribution in [0.4, 0.5) is 0 Å². The highest BCUT2D eigenvalue weighted by atomic mass is 32.1. The topological polar surface area (TPSA) is 68.9 Å². The van der Waals surface area contributed by atoms with Crippen LogP contribution in [0.1, 0.15) is 16.7 Å². The first-order valence-corrected chi connectivity index (χ1v) is 7.44. The number of hydrogen-bond acceptors (Lipinski definition) is 4. The van der Waals surface area contributed by atoms with Crippen LogP contribution in [-0.2, 0) is 6.61 Å². The van der Waals surface area contributed by atoms with Crippen LogP contribution in [0.15, 0.2) is 47.6 Å². The van der Waals surface area contributed by atoms with Crippen LogP contribution < -0.4 is 20.6 Å². The summed E-state index contributed by atoms with van der Waals surface area (Å²) in [7, 11) is 1.60. The fraction of sp³-hybridized carbons (Fsp3) is 0.176. The number of thiocarbonyl (C=S) groups is 1. The Morgan fingerprint density at radius 1 is 1.22 bits per heavy atom. The Balaban J connectivity index is 2.05. The molecule has 0 aliphatic carbocycles. The maximum Gasteiger partial charge on any atom is 0.184 e. The van der Waals surface area contributed by atoms with E-state index in [2.05, 4.69) is 41.8 Å². The Kier molecular flexibility index (Phi) is 5.94. The Morgan fingerprint density at radius 3 is 2.61 bits per heavy atom. The number of nitrogens with zero attached hydrogens (tertiary/aromatic N) is 1. The molecule has 120 valence electrons. The van der Waals surface area contributed by atoms with Gasteiger partial charge in [0.05, 0.1) is 13.3 Å². The predicted octanol–water partition coefficient (Wildman–Crippen LogP) is 2.75. The van der Waals surface area contributed by atoms with E-state index in [1.54, 1.807) is 13.3 Å². The summed E-state index contributed by atoms with van der Waals surface area (Å²) in [6, 6.07) is 13.8. The van der Waals surface area contributed by atoms with Crippen LogP contribution in [0.25, 0.3) is 0 Å². The fourth-order valence-corrected chi connectivity index (χ4v) is 1.95. The third-order valence-electron chi connectivity index (χ3n) is 3.09. The van der Waals surface area contributed by atoms with Crippen molar-refractivity contribution in [1.29, 1.82) is 0 Å². The van der Waals surface area contributed by atoms with Crippen LogP contribution in [0.3, 0.4) is 0 Å². The normalized spacial score (nSPS) is 10.5. The van der Waals surface area contributed by atoms with Gasteiger partial charge in [-0.1, -0.05) is 29.8 Å². The highest BCUT2D eigenvalue weighted by molar-refractivity contribution is 7.80. The number of hydrazone groups is 1. The Bertz CT molecular complexity index is 699. The third-order valence-corrected chi connectivity index (χ3v) is 3.18. The molecule has 0 spiro atoms. The van der Waals surface area contributed by atoms with Gasteiger partial charge >= 0.3 is 0 Å². The second kappa shape index (κ2) is 8.14. The number of rotatable bonds is 6. The molecule has 0 heterocycles. The lowest BCUT2D eigenvalue weighted by atomic mass is 10.2. The van der Waals surface area contributed by atoms with E-state index in [4.69, 9.17) is 15.2 Å². The molecule has 0 aliphatic rings. The zero-order chi connectivity index (χ0) is 16.7. The molecule has 2 aromatic rings. The zero-order valence-electron chi connectivity index (χ0n) is 13.1. The first-order chi connectivity index (χ1) is 11.1. The summed E-state index contributed by atoms with van der Waals surface area (Å²) in [4.78, 5) is 0. The van der Waals surface area contributed by atoms with Crippen LogP contribution in [-0.4, -0.2) is 18.4 Å². The highest BCUT2D eigenvalue weighted by Gasteiger charge is 2.05. The van der Waals surface area contributed by atoms with Gasteiger partial charge in [0.15, 0.2) is 16.6 Å². The van der Waals surface area contributed by atoms with Gasteiger partial charge in [0.1, 0.15) is 6.61 Å². The van der Waals surface area contributed by atoms with Gasteiger partial charge in [-0.25, -0.2) is 0 Å². The molecule has 5 nitrogen and oxygen atoms in total. The van der Waals surface area contributed by atoms with Gasteiger partial charge in [0, 0.05) is 0 Å². The highest BCUT2D eigenvalue weighted by Crippen LogP contribution is 2.28. The summed E-state index contributed by atoms with van der Waals surface area (Å²) in [5.41, 5.74) is 11.0. The van der Waals surface area contributed by atoms with Crippen LogP contribution in [0, 0.1) is 6.92 Å². The Hall–Kier alpha value is -2.60. The van der Waals surface area contributed by atoms with E-state index in [0.29, 0.717) is 18.1 Å². The van der Waals surface area contributed by atoms with Crippen molar-refractivity contribution in [2.75, 3.05) is 7.11 Å². The van der Waals surface area contributed by atoms with E-state index in [9.17, 15) is 0 Å². The lowest BCUT2D eigenvalue weighted by molar-refractivity contribution is 0.284. The zero-order valence-corrected chi connectivity index (χ0v) is 13.9. The summed E-state index contributed by atoms with van der Waals surface area (Å²) in [6.07, 6.45) is 1.60. The van der Waals surface area contributed by atoms with Crippen molar-refractivity contribution in [1.82, 2.24) is 5.43 Å². The standard InChI is InChI=1S/C17H19N3O2S/c1-12-3-5-13(6-4-12)11-22-15-8-7-14(9-16(15)21-2)10-19-20-17(18)23/h3-10H,11H2,1-2H3,(H3,18,20,23). The molecular weight excluding hydrogens is 310 g/mol. The molecule has 0 aromatic heterocycles. The van der Waals surface area contributed by atoms with Gasteiger partial charge < -0.3 is 15.2 Å². The molecule has 0 bridgehead atoms. The minimum absolute atomic E-state index is 0.117. The molecule has 0 radical (unpaired) electrons. The van der Waals surface area contributed by atoms with Gasteiger partial charge in [0.2, 0.25) is 0 Å². The van der Waals surface area contributed by atoms with Crippen molar-refractivity contribution >= 4 is 23.5 Å². The predicted molar refractivity (Wildman–Crippen MR) is 96.0 cm³/mol. The first-order valence-electron chi connectivity index (χ1n) is 7.03.